The van der Waals surface area contributed by atoms with Gasteiger partial charge in [-0.3, -0.25) is 9.78 Å². The zero-order valence-electron chi connectivity index (χ0n) is 15.7. The molecule has 0 bridgehead atoms. The molecular formula is C21H25N3O3S. The molecule has 0 saturated carbocycles. The Morgan fingerprint density at radius 1 is 1.14 bits per heavy atom. The summed E-state index contributed by atoms with van der Waals surface area (Å²) in [5.74, 6) is -0.326. The van der Waals surface area contributed by atoms with Crippen LogP contribution in [-0.4, -0.2) is 25.9 Å². The number of carbonyl (C=O) groups is 1. The molecule has 0 spiro atoms. The summed E-state index contributed by atoms with van der Waals surface area (Å²) in [5.41, 5.74) is 2.50. The zero-order valence-corrected chi connectivity index (χ0v) is 16.5. The third-order valence-electron chi connectivity index (χ3n) is 4.71. The number of carbonyl (C=O) groups excluding carboxylic acids is 1. The largest absolute Gasteiger partial charge is 0.348 e. The van der Waals surface area contributed by atoms with Crippen LogP contribution in [0.2, 0.25) is 0 Å². The fraction of sp³-hybridized carbons (Fsp3) is 0.333. The van der Waals surface area contributed by atoms with Crippen LogP contribution in [-0.2, 0) is 16.6 Å². The van der Waals surface area contributed by atoms with Crippen molar-refractivity contribution in [2.45, 2.75) is 43.5 Å². The van der Waals surface area contributed by atoms with Crippen molar-refractivity contribution in [1.29, 1.82) is 0 Å². The summed E-state index contributed by atoms with van der Waals surface area (Å²) in [5, 5.41) is 2.78. The van der Waals surface area contributed by atoms with Gasteiger partial charge >= 0.3 is 0 Å². The summed E-state index contributed by atoms with van der Waals surface area (Å²) < 4.78 is 27.8. The van der Waals surface area contributed by atoms with Gasteiger partial charge in [0.15, 0.2) is 0 Å². The van der Waals surface area contributed by atoms with Crippen molar-refractivity contribution in [3.63, 3.8) is 0 Å². The summed E-state index contributed by atoms with van der Waals surface area (Å²) in [6.07, 6.45) is 10.8. The van der Waals surface area contributed by atoms with E-state index < -0.39 is 10.0 Å². The molecule has 7 heteroatoms. The first-order valence-electron chi connectivity index (χ1n) is 9.49. The molecule has 28 heavy (non-hydrogen) atoms. The Morgan fingerprint density at radius 2 is 2.04 bits per heavy atom. The Hall–Kier alpha value is -2.51. The molecule has 0 saturated heterocycles. The van der Waals surface area contributed by atoms with Gasteiger partial charge in [-0.05, 0) is 61.9 Å². The van der Waals surface area contributed by atoms with E-state index in [2.05, 4.69) is 21.1 Å². The molecule has 0 fully saturated rings. The Labute approximate surface area is 166 Å². The second kappa shape index (κ2) is 9.61. The van der Waals surface area contributed by atoms with Gasteiger partial charge in [0.05, 0.1) is 4.90 Å². The maximum Gasteiger partial charge on any atom is 0.251 e. The van der Waals surface area contributed by atoms with E-state index >= 15 is 0 Å². The molecule has 1 heterocycles. The number of sulfonamides is 1. The minimum absolute atomic E-state index is 0.0964. The number of nitrogens with one attached hydrogen (secondary N) is 2. The predicted octanol–water partition coefficient (Wildman–Crippen LogP) is 3.18. The molecule has 0 unspecified atom stereocenters. The van der Waals surface area contributed by atoms with Crippen molar-refractivity contribution in [1.82, 2.24) is 15.0 Å². The van der Waals surface area contributed by atoms with Crippen LogP contribution in [0.25, 0.3) is 0 Å². The average molecular weight is 400 g/mol. The third kappa shape index (κ3) is 5.74. The Kier molecular flexibility index (Phi) is 6.95. The number of rotatable bonds is 8. The molecule has 2 aromatic rings. The van der Waals surface area contributed by atoms with Gasteiger partial charge in [0.2, 0.25) is 10.0 Å². The molecule has 1 amide bonds. The lowest BCUT2D eigenvalue weighted by Gasteiger charge is -2.13. The molecule has 1 aliphatic carbocycles. The Morgan fingerprint density at radius 3 is 2.79 bits per heavy atom. The van der Waals surface area contributed by atoms with Gasteiger partial charge in [0.1, 0.15) is 0 Å². The SMILES string of the molecule is O=C(NCc1cccnc1)c1cccc(S(=O)(=O)NCCC2=CCCCC2)c1. The van der Waals surface area contributed by atoms with E-state index in [1.54, 1.807) is 30.6 Å². The Bertz CT molecular complexity index is 940. The van der Waals surface area contributed by atoms with Crippen LogP contribution < -0.4 is 10.0 Å². The fourth-order valence-electron chi connectivity index (χ4n) is 3.15. The average Bonchev–Trinajstić information content (AvgIpc) is 2.73. The molecule has 1 aliphatic rings. The highest BCUT2D eigenvalue weighted by molar-refractivity contribution is 7.89. The minimum atomic E-state index is -3.65. The number of amides is 1. The Balaban J connectivity index is 1.59. The van der Waals surface area contributed by atoms with E-state index in [0.717, 1.165) is 24.8 Å². The standard InChI is InChI=1S/C21H25N3O3S/c25-21(23-16-18-8-5-12-22-15-18)19-9-4-10-20(14-19)28(26,27)24-13-11-17-6-2-1-3-7-17/h4-6,8-10,12,14-15,24H,1-3,7,11,13,16H2,(H,23,25). The highest BCUT2D eigenvalue weighted by Gasteiger charge is 2.16. The van der Waals surface area contributed by atoms with Gasteiger partial charge in [-0.2, -0.15) is 0 Å². The molecule has 0 aliphatic heterocycles. The number of allylic oxidation sites excluding steroid dienone is 1. The van der Waals surface area contributed by atoms with Gasteiger partial charge in [-0.1, -0.05) is 23.8 Å². The van der Waals surface area contributed by atoms with Crippen LogP contribution in [0.1, 0.15) is 48.0 Å². The molecule has 148 valence electrons. The van der Waals surface area contributed by atoms with E-state index in [1.165, 1.54) is 30.5 Å². The van der Waals surface area contributed by atoms with Gasteiger partial charge in [0, 0.05) is 31.0 Å². The lowest BCUT2D eigenvalue weighted by Crippen LogP contribution is -2.26. The van der Waals surface area contributed by atoms with E-state index in [4.69, 9.17) is 0 Å². The van der Waals surface area contributed by atoms with Crippen LogP contribution in [0.15, 0.2) is 65.3 Å². The first-order valence-corrected chi connectivity index (χ1v) is 11.0. The summed E-state index contributed by atoms with van der Waals surface area (Å²) in [4.78, 5) is 16.5. The molecule has 1 aromatic carbocycles. The van der Waals surface area contributed by atoms with E-state index in [9.17, 15) is 13.2 Å². The van der Waals surface area contributed by atoms with Crippen LogP contribution in [0, 0.1) is 0 Å². The van der Waals surface area contributed by atoms with Gasteiger partial charge < -0.3 is 5.32 Å². The van der Waals surface area contributed by atoms with Gasteiger partial charge in [-0.25, -0.2) is 13.1 Å². The van der Waals surface area contributed by atoms with E-state index in [-0.39, 0.29) is 10.8 Å². The van der Waals surface area contributed by atoms with Crippen LogP contribution >= 0.6 is 0 Å². The number of pyridine rings is 1. The molecule has 6 nitrogen and oxygen atoms in total. The molecule has 0 atom stereocenters. The normalized spacial score (nSPS) is 14.4. The summed E-state index contributed by atoms with van der Waals surface area (Å²) in [7, 11) is -3.65. The fourth-order valence-corrected chi connectivity index (χ4v) is 4.23. The second-order valence-electron chi connectivity index (χ2n) is 6.83. The number of hydrogen-bond donors (Lipinski definition) is 2. The van der Waals surface area contributed by atoms with Crippen molar-refractivity contribution in [3.05, 3.63) is 71.6 Å². The van der Waals surface area contributed by atoms with Gasteiger partial charge in [-0.15, -0.1) is 0 Å². The number of aromatic nitrogens is 1. The van der Waals surface area contributed by atoms with E-state index in [0.29, 0.717) is 18.7 Å². The number of nitrogens with zero attached hydrogens (tertiary/aromatic N) is 1. The first-order chi connectivity index (χ1) is 13.5. The number of benzene rings is 1. The minimum Gasteiger partial charge on any atom is -0.348 e. The quantitative estimate of drug-likeness (QED) is 0.668. The molecule has 3 rings (SSSR count). The highest BCUT2D eigenvalue weighted by atomic mass is 32.2. The summed E-state index contributed by atoms with van der Waals surface area (Å²) >= 11 is 0. The van der Waals surface area contributed by atoms with Crippen molar-refractivity contribution in [2.24, 2.45) is 0 Å². The smallest absolute Gasteiger partial charge is 0.251 e. The molecular weight excluding hydrogens is 374 g/mol. The van der Waals surface area contributed by atoms with Crippen molar-refractivity contribution in [3.8, 4) is 0 Å². The number of hydrogen-bond acceptors (Lipinski definition) is 4. The molecule has 0 radical (unpaired) electrons. The van der Waals surface area contributed by atoms with E-state index in [1.807, 2.05) is 6.07 Å². The topological polar surface area (TPSA) is 88.2 Å². The lowest BCUT2D eigenvalue weighted by molar-refractivity contribution is 0.0950. The predicted molar refractivity (Wildman–Crippen MR) is 108 cm³/mol. The summed E-state index contributed by atoms with van der Waals surface area (Å²) in [6.45, 7) is 0.697. The first kappa shape index (κ1) is 20.2. The lowest BCUT2D eigenvalue weighted by atomic mass is 9.97. The van der Waals surface area contributed by atoms with Crippen molar-refractivity contribution in [2.75, 3.05) is 6.54 Å². The van der Waals surface area contributed by atoms with Crippen molar-refractivity contribution < 1.29 is 13.2 Å². The third-order valence-corrected chi connectivity index (χ3v) is 6.16. The van der Waals surface area contributed by atoms with Crippen LogP contribution in [0.3, 0.4) is 0 Å². The maximum absolute atomic E-state index is 12.6. The summed E-state index contributed by atoms with van der Waals surface area (Å²) in [6, 6.07) is 9.74. The van der Waals surface area contributed by atoms with Crippen LogP contribution in [0.4, 0.5) is 0 Å². The molecule has 2 N–H and O–H groups in total. The van der Waals surface area contributed by atoms with Crippen LogP contribution in [0.5, 0.6) is 0 Å². The molecule has 1 aromatic heterocycles. The highest BCUT2D eigenvalue weighted by Crippen LogP contribution is 2.20. The maximum atomic E-state index is 12.6. The second-order valence-corrected chi connectivity index (χ2v) is 8.59. The van der Waals surface area contributed by atoms with Crippen molar-refractivity contribution >= 4 is 15.9 Å². The monoisotopic (exact) mass is 399 g/mol. The zero-order chi connectivity index (χ0) is 19.8. The van der Waals surface area contributed by atoms with Gasteiger partial charge in [0.25, 0.3) is 5.91 Å².